The zero-order valence-electron chi connectivity index (χ0n) is 16.8. The molecule has 2 rings (SSSR count). The van der Waals surface area contributed by atoms with Crippen LogP contribution in [0.1, 0.15) is 25.3 Å². The molecule has 1 aromatic carbocycles. The molecule has 0 aliphatic heterocycles. The molecule has 0 aliphatic carbocycles. The molecule has 1 unspecified atom stereocenters. The van der Waals surface area contributed by atoms with Crippen molar-refractivity contribution in [3.8, 4) is 0 Å². The van der Waals surface area contributed by atoms with Crippen molar-refractivity contribution in [1.82, 2.24) is 15.6 Å². The summed E-state index contributed by atoms with van der Waals surface area (Å²) in [5.74, 6) is 0.889. The minimum atomic E-state index is 0.450. The first-order valence-electron chi connectivity index (χ1n) is 9.48. The first kappa shape index (κ1) is 21.9. The van der Waals surface area contributed by atoms with Crippen molar-refractivity contribution in [2.75, 3.05) is 25.5 Å². The predicted molar refractivity (Wildman–Crippen MR) is 125 cm³/mol. The minimum Gasteiger partial charge on any atom is -0.404 e. The van der Waals surface area contributed by atoms with E-state index in [4.69, 9.17) is 5.73 Å². The van der Waals surface area contributed by atoms with Crippen LogP contribution in [0.25, 0.3) is 15.7 Å². The second kappa shape index (κ2) is 11.4. The van der Waals surface area contributed by atoms with E-state index >= 15 is 0 Å². The van der Waals surface area contributed by atoms with Crippen LogP contribution in [0.5, 0.6) is 0 Å². The monoisotopic (exact) mass is 397 g/mol. The fraction of sp³-hybridized carbons (Fsp3) is 0.318. The molecule has 6 heteroatoms. The molecule has 28 heavy (non-hydrogen) atoms. The van der Waals surface area contributed by atoms with Crippen LogP contribution in [-0.2, 0) is 0 Å². The van der Waals surface area contributed by atoms with Crippen LogP contribution in [0.3, 0.4) is 0 Å². The smallest absolute Gasteiger partial charge is 0.126 e. The lowest BCUT2D eigenvalue weighted by molar-refractivity contribution is 0.494. The molecule has 0 amide bonds. The predicted octanol–water partition coefficient (Wildman–Crippen LogP) is 4.27. The Morgan fingerprint density at radius 3 is 2.75 bits per heavy atom. The third-order valence-corrected chi connectivity index (χ3v) is 5.49. The second-order valence-corrected chi connectivity index (χ2v) is 7.92. The Hall–Kier alpha value is -2.44. The topological polar surface area (TPSA) is 75.0 Å². The summed E-state index contributed by atoms with van der Waals surface area (Å²) in [5.41, 5.74) is 6.67. The van der Waals surface area contributed by atoms with Crippen molar-refractivity contribution in [3.63, 3.8) is 0 Å². The maximum absolute atomic E-state index is 5.57. The summed E-state index contributed by atoms with van der Waals surface area (Å²) in [5, 5.41) is 12.2. The van der Waals surface area contributed by atoms with Crippen molar-refractivity contribution in [2.45, 2.75) is 25.8 Å². The zero-order valence-corrected chi connectivity index (χ0v) is 17.6. The van der Waals surface area contributed by atoms with Crippen LogP contribution in [0.15, 0.2) is 60.9 Å². The largest absolute Gasteiger partial charge is 0.404 e. The highest BCUT2D eigenvalue weighted by Gasteiger charge is 2.07. The van der Waals surface area contributed by atoms with Crippen LogP contribution >= 0.6 is 11.8 Å². The number of allylic oxidation sites excluding steroid dienone is 1. The number of nitrogens with one attached hydrogen (secondary N) is 3. The first-order valence-corrected chi connectivity index (χ1v) is 10.3. The average Bonchev–Trinajstić information content (AvgIpc) is 2.72. The van der Waals surface area contributed by atoms with Crippen molar-refractivity contribution in [2.24, 2.45) is 5.73 Å². The summed E-state index contributed by atoms with van der Waals surface area (Å²) < 4.78 is 0. The lowest BCUT2D eigenvalue weighted by Gasteiger charge is -2.16. The molecule has 0 saturated carbocycles. The maximum Gasteiger partial charge on any atom is 0.126 e. The SMILES string of the molecule is C=CNCCC(CCNc1cc2cc(C(=C)S/C(C)=C/N)ccc2cn1)NC. The maximum atomic E-state index is 5.57. The second-order valence-electron chi connectivity index (χ2n) is 6.58. The summed E-state index contributed by atoms with van der Waals surface area (Å²) in [6.45, 7) is 11.6. The molecule has 5 nitrogen and oxygen atoms in total. The van der Waals surface area contributed by atoms with Crippen molar-refractivity contribution < 1.29 is 0 Å². The van der Waals surface area contributed by atoms with Gasteiger partial charge in [0.25, 0.3) is 0 Å². The summed E-state index contributed by atoms with van der Waals surface area (Å²) >= 11 is 1.59. The Morgan fingerprint density at radius 1 is 1.25 bits per heavy atom. The van der Waals surface area contributed by atoms with Crippen LogP contribution in [0.4, 0.5) is 5.82 Å². The lowest BCUT2D eigenvalue weighted by atomic mass is 10.1. The molecular formula is C22H31N5S. The van der Waals surface area contributed by atoms with Crippen LogP contribution in [0.2, 0.25) is 0 Å². The Bertz CT molecular complexity index is 831. The quantitative estimate of drug-likeness (QED) is 0.401. The number of nitrogens with zero attached hydrogens (tertiary/aromatic N) is 1. The third-order valence-electron chi connectivity index (χ3n) is 4.55. The van der Waals surface area contributed by atoms with Crippen LogP contribution in [-0.4, -0.2) is 31.2 Å². The van der Waals surface area contributed by atoms with Gasteiger partial charge >= 0.3 is 0 Å². The van der Waals surface area contributed by atoms with Gasteiger partial charge in [0.1, 0.15) is 5.82 Å². The summed E-state index contributed by atoms with van der Waals surface area (Å²) in [6.07, 6.45) is 7.32. The molecule has 1 heterocycles. The first-order chi connectivity index (χ1) is 13.6. The number of benzene rings is 1. The van der Waals surface area contributed by atoms with Gasteiger partial charge in [-0.1, -0.05) is 37.1 Å². The number of hydrogen-bond acceptors (Lipinski definition) is 6. The molecular weight excluding hydrogens is 366 g/mol. The molecule has 0 saturated heterocycles. The summed E-state index contributed by atoms with van der Waals surface area (Å²) in [4.78, 5) is 6.55. The van der Waals surface area contributed by atoms with E-state index in [1.54, 1.807) is 24.2 Å². The third kappa shape index (κ3) is 6.62. The van der Waals surface area contributed by atoms with Gasteiger partial charge in [-0.3, -0.25) is 0 Å². The van der Waals surface area contributed by atoms with Gasteiger partial charge in [-0.05, 0) is 56.1 Å². The van der Waals surface area contributed by atoms with Gasteiger partial charge in [-0.15, -0.1) is 0 Å². The van der Waals surface area contributed by atoms with E-state index in [0.29, 0.717) is 6.04 Å². The number of hydrogen-bond donors (Lipinski definition) is 4. The molecule has 0 spiro atoms. The van der Waals surface area contributed by atoms with Crippen molar-refractivity contribution in [1.29, 1.82) is 0 Å². The summed E-state index contributed by atoms with van der Waals surface area (Å²) in [7, 11) is 2.00. The van der Waals surface area contributed by atoms with E-state index in [0.717, 1.165) is 57.9 Å². The van der Waals surface area contributed by atoms with Gasteiger partial charge in [0, 0.05) is 46.7 Å². The standard InChI is InChI=1S/C22H31N5S/c1-5-25-10-8-21(24-4)9-11-26-22-13-20-12-18(6-7-19(20)15-27-22)17(3)28-16(2)14-23/h5-7,12-15,21,24-25H,1,3,8-11,23H2,2,4H3,(H,26,27)/b16-14+. The Balaban J connectivity index is 2.00. The molecule has 0 radical (unpaired) electrons. The molecule has 150 valence electrons. The van der Waals surface area contributed by atoms with Gasteiger partial charge in [0.15, 0.2) is 0 Å². The van der Waals surface area contributed by atoms with Crippen LogP contribution in [0, 0.1) is 0 Å². The number of rotatable bonds is 12. The van der Waals surface area contributed by atoms with E-state index in [1.807, 2.05) is 20.2 Å². The highest BCUT2D eigenvalue weighted by molar-refractivity contribution is 8.11. The number of thioether (sulfide) groups is 1. The van der Waals surface area contributed by atoms with E-state index in [9.17, 15) is 0 Å². The highest BCUT2D eigenvalue weighted by Crippen LogP contribution is 2.32. The molecule has 0 fully saturated rings. The number of nitrogens with two attached hydrogens (primary N) is 1. The minimum absolute atomic E-state index is 0.450. The lowest BCUT2D eigenvalue weighted by Crippen LogP contribution is -2.30. The Labute approximate surface area is 172 Å². The normalized spacial score (nSPS) is 12.6. The Morgan fingerprint density at radius 2 is 2.04 bits per heavy atom. The highest BCUT2D eigenvalue weighted by atomic mass is 32.2. The number of anilines is 1. The Kier molecular flexibility index (Phi) is 8.91. The molecule has 1 aromatic heterocycles. The fourth-order valence-electron chi connectivity index (χ4n) is 2.87. The van der Waals surface area contributed by atoms with Gasteiger partial charge < -0.3 is 21.7 Å². The van der Waals surface area contributed by atoms with Crippen molar-refractivity contribution >= 4 is 33.3 Å². The van der Waals surface area contributed by atoms with Crippen molar-refractivity contribution in [3.05, 3.63) is 66.5 Å². The zero-order chi connectivity index (χ0) is 20.4. The van der Waals surface area contributed by atoms with E-state index in [2.05, 4.69) is 58.4 Å². The average molecular weight is 398 g/mol. The van der Waals surface area contributed by atoms with E-state index in [1.165, 1.54) is 0 Å². The molecule has 5 N–H and O–H groups in total. The number of fused-ring (bicyclic) bond motifs is 1. The van der Waals surface area contributed by atoms with Crippen LogP contribution < -0.4 is 21.7 Å². The summed E-state index contributed by atoms with van der Waals surface area (Å²) in [6, 6.07) is 8.85. The number of pyridine rings is 1. The van der Waals surface area contributed by atoms with Gasteiger partial charge in [0.05, 0.1) is 0 Å². The molecule has 0 aliphatic rings. The van der Waals surface area contributed by atoms with Gasteiger partial charge in [0.2, 0.25) is 0 Å². The van der Waals surface area contributed by atoms with E-state index < -0.39 is 0 Å². The fourth-order valence-corrected chi connectivity index (χ4v) is 3.57. The van der Waals surface area contributed by atoms with Gasteiger partial charge in [-0.25, -0.2) is 4.98 Å². The molecule has 1 atom stereocenters. The molecule has 2 aromatic rings. The van der Waals surface area contributed by atoms with Gasteiger partial charge in [-0.2, -0.15) is 0 Å². The molecule has 0 bridgehead atoms. The van der Waals surface area contributed by atoms with E-state index in [-0.39, 0.29) is 0 Å². The number of aromatic nitrogens is 1.